The highest BCUT2D eigenvalue weighted by molar-refractivity contribution is 7.09. The maximum absolute atomic E-state index is 13.3. The minimum Gasteiger partial charge on any atom is -0.328 e. The quantitative estimate of drug-likeness (QED) is 0.555. The molecule has 4 rings (SSSR count). The smallest absolute Gasteiger partial charge is 0.276 e. The highest BCUT2D eigenvalue weighted by atomic mass is 32.1. The van der Waals surface area contributed by atoms with E-state index in [0.717, 1.165) is 42.3 Å². The number of hydrogen-bond donors (Lipinski definition) is 0. The molecule has 0 atom stereocenters. The molecule has 0 spiro atoms. The zero-order valence-corrected chi connectivity index (χ0v) is 18.2. The van der Waals surface area contributed by atoms with Crippen molar-refractivity contribution in [2.45, 2.75) is 45.8 Å². The van der Waals surface area contributed by atoms with E-state index < -0.39 is 0 Å². The summed E-state index contributed by atoms with van der Waals surface area (Å²) in [5.41, 5.74) is 4.28. The van der Waals surface area contributed by atoms with Crippen molar-refractivity contribution in [1.82, 2.24) is 29.8 Å². The van der Waals surface area contributed by atoms with Crippen molar-refractivity contribution < 1.29 is 4.79 Å². The summed E-state index contributed by atoms with van der Waals surface area (Å²) in [6.07, 6.45) is 5.65. The predicted octanol–water partition coefficient (Wildman–Crippen LogP) is 3.37. The first-order chi connectivity index (χ1) is 14.7. The molecule has 30 heavy (non-hydrogen) atoms. The van der Waals surface area contributed by atoms with Crippen LogP contribution in [0, 0.1) is 6.92 Å². The molecule has 3 aromatic rings. The minimum atomic E-state index is -0.101. The van der Waals surface area contributed by atoms with Gasteiger partial charge in [-0.15, -0.1) is 16.4 Å². The Morgan fingerprint density at radius 1 is 1.10 bits per heavy atom. The number of nitrogens with zero attached hydrogens (tertiary/aromatic N) is 6. The number of aromatic nitrogens is 4. The topological polar surface area (TPSA) is 67.2 Å². The molecule has 0 radical (unpaired) electrons. The molecule has 1 amide bonds. The van der Waals surface area contributed by atoms with E-state index in [9.17, 15) is 4.79 Å². The molecule has 0 N–H and O–H groups in total. The van der Waals surface area contributed by atoms with Gasteiger partial charge in [0.2, 0.25) is 0 Å². The molecule has 1 aliphatic rings. The van der Waals surface area contributed by atoms with Crippen LogP contribution in [0.15, 0.2) is 42.0 Å². The number of aryl methyl sites for hydroxylation is 1. The summed E-state index contributed by atoms with van der Waals surface area (Å²) in [7, 11) is 0. The van der Waals surface area contributed by atoms with Gasteiger partial charge in [0, 0.05) is 18.0 Å². The third-order valence-corrected chi connectivity index (χ3v) is 6.45. The van der Waals surface area contributed by atoms with Crippen LogP contribution in [0.4, 0.5) is 0 Å². The van der Waals surface area contributed by atoms with E-state index in [1.165, 1.54) is 19.3 Å². The standard InChI is InChI=1S/C22H28N6OS/c1-18-21(30-17-23-18)16-27(14-19-8-4-2-5-9-19)22(29)20-15-28(25-24-20)13-12-26-10-6-3-7-11-26/h2,4-5,8-9,15,17H,3,6-7,10-14,16H2,1H3. The van der Waals surface area contributed by atoms with Crippen LogP contribution in [-0.4, -0.2) is 55.3 Å². The van der Waals surface area contributed by atoms with Crippen molar-refractivity contribution in [2.75, 3.05) is 19.6 Å². The van der Waals surface area contributed by atoms with Crippen LogP contribution in [-0.2, 0) is 19.6 Å². The van der Waals surface area contributed by atoms with Gasteiger partial charge in [-0.1, -0.05) is 42.0 Å². The molecule has 8 heteroatoms. The number of benzene rings is 1. The van der Waals surface area contributed by atoms with Crippen molar-refractivity contribution in [3.8, 4) is 0 Å². The Morgan fingerprint density at radius 2 is 1.90 bits per heavy atom. The number of rotatable bonds is 8. The number of likely N-dealkylation sites (tertiary alicyclic amines) is 1. The number of thiazole rings is 1. The summed E-state index contributed by atoms with van der Waals surface area (Å²) in [4.78, 5) is 23.0. The highest BCUT2D eigenvalue weighted by Crippen LogP contribution is 2.18. The predicted molar refractivity (Wildman–Crippen MR) is 117 cm³/mol. The van der Waals surface area contributed by atoms with Gasteiger partial charge in [0.05, 0.1) is 30.5 Å². The largest absolute Gasteiger partial charge is 0.328 e. The van der Waals surface area contributed by atoms with Crippen molar-refractivity contribution in [3.05, 3.63) is 63.9 Å². The average molecular weight is 425 g/mol. The SMILES string of the molecule is Cc1ncsc1CN(Cc1ccccc1)C(=O)c1cn(CCN2CCCCC2)nn1. The monoisotopic (exact) mass is 424 g/mol. The summed E-state index contributed by atoms with van der Waals surface area (Å²) in [6.45, 7) is 7.03. The van der Waals surface area contributed by atoms with E-state index >= 15 is 0 Å². The molecular weight excluding hydrogens is 396 g/mol. The molecule has 2 aromatic heterocycles. The van der Waals surface area contributed by atoms with Gasteiger partial charge in [0.25, 0.3) is 5.91 Å². The molecule has 1 fully saturated rings. The van der Waals surface area contributed by atoms with Gasteiger partial charge in [-0.05, 0) is 38.4 Å². The molecule has 0 saturated carbocycles. The Hall–Kier alpha value is -2.58. The summed E-state index contributed by atoms with van der Waals surface area (Å²) in [5, 5.41) is 8.39. The third kappa shape index (κ3) is 5.31. The van der Waals surface area contributed by atoms with Crippen LogP contribution in [0.25, 0.3) is 0 Å². The van der Waals surface area contributed by atoms with E-state index in [-0.39, 0.29) is 5.91 Å². The Morgan fingerprint density at radius 3 is 2.63 bits per heavy atom. The van der Waals surface area contributed by atoms with Gasteiger partial charge in [0.15, 0.2) is 5.69 Å². The zero-order valence-electron chi connectivity index (χ0n) is 17.4. The second-order valence-electron chi connectivity index (χ2n) is 7.78. The molecular formula is C22H28N6OS. The lowest BCUT2D eigenvalue weighted by Gasteiger charge is -2.26. The lowest BCUT2D eigenvalue weighted by molar-refractivity contribution is 0.0725. The Balaban J connectivity index is 1.45. The second-order valence-corrected chi connectivity index (χ2v) is 8.72. The van der Waals surface area contributed by atoms with E-state index in [1.54, 1.807) is 22.2 Å². The van der Waals surface area contributed by atoms with Crippen molar-refractivity contribution in [3.63, 3.8) is 0 Å². The fraction of sp³-hybridized carbons (Fsp3) is 0.455. The van der Waals surface area contributed by atoms with Crippen LogP contribution in [0.3, 0.4) is 0 Å². The summed E-state index contributed by atoms with van der Waals surface area (Å²) >= 11 is 1.58. The van der Waals surface area contributed by atoms with Crippen LogP contribution >= 0.6 is 11.3 Å². The molecule has 1 saturated heterocycles. The third-order valence-electron chi connectivity index (χ3n) is 5.53. The number of carbonyl (C=O) groups is 1. The first-order valence-corrected chi connectivity index (χ1v) is 11.4. The summed E-state index contributed by atoms with van der Waals surface area (Å²) in [5.74, 6) is -0.101. The average Bonchev–Trinajstić information content (AvgIpc) is 3.42. The molecule has 7 nitrogen and oxygen atoms in total. The Bertz CT molecular complexity index is 947. The van der Waals surface area contributed by atoms with Gasteiger partial charge >= 0.3 is 0 Å². The molecule has 1 aromatic carbocycles. The lowest BCUT2D eigenvalue weighted by Crippen LogP contribution is -2.32. The molecule has 0 unspecified atom stereocenters. The maximum atomic E-state index is 13.3. The Kier molecular flexibility index (Phi) is 6.86. The molecule has 3 heterocycles. The molecule has 0 bridgehead atoms. The van der Waals surface area contributed by atoms with Gasteiger partial charge in [-0.25, -0.2) is 4.98 Å². The number of carbonyl (C=O) groups excluding carboxylic acids is 1. The summed E-state index contributed by atoms with van der Waals surface area (Å²) in [6, 6.07) is 10.0. The first-order valence-electron chi connectivity index (χ1n) is 10.5. The van der Waals surface area contributed by atoms with E-state index in [1.807, 2.05) is 47.7 Å². The number of hydrogen-bond acceptors (Lipinski definition) is 6. The lowest BCUT2D eigenvalue weighted by atomic mass is 10.1. The van der Waals surface area contributed by atoms with Crippen molar-refractivity contribution in [1.29, 1.82) is 0 Å². The van der Waals surface area contributed by atoms with Crippen LogP contribution in [0.1, 0.15) is 45.9 Å². The first kappa shape index (κ1) is 20.7. The fourth-order valence-corrected chi connectivity index (χ4v) is 4.54. The van der Waals surface area contributed by atoms with Gasteiger partial charge in [-0.2, -0.15) is 0 Å². The van der Waals surface area contributed by atoms with E-state index in [0.29, 0.717) is 18.8 Å². The number of amides is 1. The van der Waals surface area contributed by atoms with Gasteiger partial charge < -0.3 is 9.80 Å². The van der Waals surface area contributed by atoms with Crippen LogP contribution < -0.4 is 0 Å². The molecule has 0 aliphatic carbocycles. The number of piperidine rings is 1. The second kappa shape index (κ2) is 9.95. The highest BCUT2D eigenvalue weighted by Gasteiger charge is 2.21. The van der Waals surface area contributed by atoms with Crippen LogP contribution in [0.5, 0.6) is 0 Å². The zero-order chi connectivity index (χ0) is 20.8. The van der Waals surface area contributed by atoms with E-state index in [2.05, 4.69) is 20.2 Å². The minimum absolute atomic E-state index is 0.101. The van der Waals surface area contributed by atoms with Crippen LogP contribution in [0.2, 0.25) is 0 Å². The maximum Gasteiger partial charge on any atom is 0.276 e. The molecule has 158 valence electrons. The van der Waals surface area contributed by atoms with Crippen molar-refractivity contribution in [2.24, 2.45) is 0 Å². The summed E-state index contributed by atoms with van der Waals surface area (Å²) < 4.78 is 1.79. The van der Waals surface area contributed by atoms with Gasteiger partial charge in [-0.3, -0.25) is 9.48 Å². The van der Waals surface area contributed by atoms with Crippen molar-refractivity contribution >= 4 is 17.2 Å². The molecule has 1 aliphatic heterocycles. The Labute approximate surface area is 181 Å². The van der Waals surface area contributed by atoms with E-state index in [4.69, 9.17) is 0 Å². The van der Waals surface area contributed by atoms with Gasteiger partial charge in [0.1, 0.15) is 0 Å². The fourth-order valence-electron chi connectivity index (χ4n) is 3.75. The normalized spacial score (nSPS) is 14.7.